The lowest BCUT2D eigenvalue weighted by Gasteiger charge is -2.26. The molecule has 6 heteroatoms. The first-order valence-corrected chi connectivity index (χ1v) is 8.23. The van der Waals surface area contributed by atoms with Gasteiger partial charge in [0.2, 0.25) is 0 Å². The molecule has 1 aromatic rings. The first-order valence-electron chi connectivity index (χ1n) is 7.41. The summed E-state index contributed by atoms with van der Waals surface area (Å²) in [7, 11) is 0. The molecular weight excluding hydrogens is 288 g/mol. The summed E-state index contributed by atoms with van der Waals surface area (Å²) in [6.45, 7) is 7.14. The third-order valence-electron chi connectivity index (χ3n) is 3.53. The van der Waals surface area contributed by atoms with Crippen LogP contribution < -0.4 is 5.32 Å². The maximum Gasteiger partial charge on any atom is 0.263 e. The summed E-state index contributed by atoms with van der Waals surface area (Å²) in [5.41, 5.74) is -0.133. The molecule has 1 saturated heterocycles. The minimum absolute atomic E-state index is 0.0585. The van der Waals surface area contributed by atoms with Crippen molar-refractivity contribution in [2.45, 2.75) is 52.2 Å². The first-order chi connectivity index (χ1) is 9.87. The molecule has 0 bridgehead atoms. The summed E-state index contributed by atoms with van der Waals surface area (Å²) in [5.74, 6) is -0.101. The van der Waals surface area contributed by atoms with Crippen molar-refractivity contribution < 1.29 is 14.6 Å². The zero-order chi connectivity index (χ0) is 15.5. The number of ether oxygens (including phenoxy) is 1. The second-order valence-electron chi connectivity index (χ2n) is 6.46. The Morgan fingerprint density at radius 1 is 1.67 bits per heavy atom. The van der Waals surface area contributed by atoms with Crippen LogP contribution >= 0.6 is 11.3 Å². The van der Waals surface area contributed by atoms with Crippen LogP contribution in [0.2, 0.25) is 0 Å². The van der Waals surface area contributed by atoms with Crippen LogP contribution in [0.15, 0.2) is 6.20 Å². The van der Waals surface area contributed by atoms with E-state index in [1.807, 2.05) is 13.8 Å². The average Bonchev–Trinajstić information content (AvgIpc) is 3.04. The molecule has 0 saturated carbocycles. The van der Waals surface area contributed by atoms with Gasteiger partial charge in [-0.05, 0) is 31.6 Å². The van der Waals surface area contributed by atoms with E-state index < -0.39 is 0 Å². The molecule has 1 fully saturated rings. The van der Waals surface area contributed by atoms with E-state index in [-0.39, 0.29) is 23.5 Å². The maximum absolute atomic E-state index is 12.2. The minimum Gasteiger partial charge on any atom is -0.393 e. The molecule has 118 valence electrons. The predicted octanol–water partition coefficient (Wildman–Crippen LogP) is 2.52. The average molecular weight is 312 g/mol. The number of aliphatic hydroxyl groups is 1. The van der Waals surface area contributed by atoms with Crippen molar-refractivity contribution in [3.8, 4) is 0 Å². The largest absolute Gasteiger partial charge is 0.393 e. The van der Waals surface area contributed by atoms with Crippen LogP contribution in [0.5, 0.6) is 0 Å². The van der Waals surface area contributed by atoms with Gasteiger partial charge in [0.15, 0.2) is 0 Å². The molecule has 0 radical (unpaired) electrons. The van der Waals surface area contributed by atoms with Gasteiger partial charge in [-0.25, -0.2) is 4.98 Å². The molecule has 0 aliphatic carbocycles. The Morgan fingerprint density at radius 2 is 2.43 bits per heavy atom. The number of carbonyl (C=O) groups excluding carboxylic acids is 1. The van der Waals surface area contributed by atoms with Gasteiger partial charge in [-0.3, -0.25) is 4.79 Å². The van der Waals surface area contributed by atoms with Crippen LogP contribution in [-0.4, -0.2) is 35.3 Å². The third kappa shape index (κ3) is 4.76. The number of amides is 1. The van der Waals surface area contributed by atoms with Gasteiger partial charge in [0, 0.05) is 13.2 Å². The topological polar surface area (TPSA) is 71.5 Å². The Hall–Kier alpha value is -0.980. The van der Waals surface area contributed by atoms with Crippen LogP contribution in [0.3, 0.4) is 0 Å². The lowest BCUT2D eigenvalue weighted by atomic mass is 9.87. The number of hydrogen-bond acceptors (Lipinski definition) is 5. The minimum atomic E-state index is -0.369. The van der Waals surface area contributed by atoms with Crippen molar-refractivity contribution >= 4 is 17.2 Å². The Bertz CT molecular complexity index is 479. The third-order valence-corrected chi connectivity index (χ3v) is 4.62. The van der Waals surface area contributed by atoms with E-state index in [0.717, 1.165) is 24.5 Å². The van der Waals surface area contributed by atoms with E-state index in [1.165, 1.54) is 11.3 Å². The number of carbonyl (C=O) groups is 1. The van der Waals surface area contributed by atoms with Crippen molar-refractivity contribution in [2.75, 3.05) is 13.2 Å². The summed E-state index contributed by atoms with van der Waals surface area (Å²) in [6, 6.07) is 0. The van der Waals surface area contributed by atoms with Gasteiger partial charge in [-0.2, -0.15) is 0 Å². The van der Waals surface area contributed by atoms with Gasteiger partial charge in [-0.15, -0.1) is 11.3 Å². The fourth-order valence-electron chi connectivity index (χ4n) is 2.59. The van der Waals surface area contributed by atoms with E-state index in [1.54, 1.807) is 13.1 Å². The SMILES string of the molecule is CC(O)CC(C)(C)CNC(=O)c1cnc(C2CCCO2)s1. The molecule has 2 atom stereocenters. The number of aliphatic hydroxyl groups excluding tert-OH is 1. The van der Waals surface area contributed by atoms with Crippen molar-refractivity contribution in [3.63, 3.8) is 0 Å². The molecule has 1 amide bonds. The van der Waals surface area contributed by atoms with E-state index >= 15 is 0 Å². The van der Waals surface area contributed by atoms with Gasteiger partial charge in [-0.1, -0.05) is 13.8 Å². The number of rotatable bonds is 6. The standard InChI is InChI=1S/C15H24N2O3S/c1-10(18)7-15(2,3)9-17-13(19)12-8-16-14(21-12)11-5-4-6-20-11/h8,10-11,18H,4-7,9H2,1-3H3,(H,17,19). The van der Waals surface area contributed by atoms with Gasteiger partial charge >= 0.3 is 0 Å². The molecule has 5 nitrogen and oxygen atoms in total. The second kappa shape index (κ2) is 6.85. The van der Waals surface area contributed by atoms with Crippen LogP contribution in [0.1, 0.15) is 60.8 Å². The van der Waals surface area contributed by atoms with E-state index in [0.29, 0.717) is 17.8 Å². The highest BCUT2D eigenvalue weighted by atomic mass is 32.1. The molecule has 21 heavy (non-hydrogen) atoms. The quantitative estimate of drug-likeness (QED) is 0.846. The first kappa shape index (κ1) is 16.4. The van der Waals surface area contributed by atoms with Crippen LogP contribution in [0.25, 0.3) is 0 Å². The van der Waals surface area contributed by atoms with Crippen molar-refractivity contribution in [1.82, 2.24) is 10.3 Å². The maximum atomic E-state index is 12.2. The van der Waals surface area contributed by atoms with Crippen molar-refractivity contribution in [3.05, 3.63) is 16.1 Å². The van der Waals surface area contributed by atoms with Gasteiger partial charge in [0.25, 0.3) is 5.91 Å². The smallest absolute Gasteiger partial charge is 0.263 e. The highest BCUT2D eigenvalue weighted by molar-refractivity contribution is 7.13. The number of thiazole rings is 1. The fourth-order valence-corrected chi connectivity index (χ4v) is 3.51. The number of aromatic nitrogens is 1. The number of hydrogen-bond donors (Lipinski definition) is 2. The second-order valence-corrected chi connectivity index (χ2v) is 7.53. The molecule has 0 spiro atoms. The summed E-state index contributed by atoms with van der Waals surface area (Å²) in [5, 5.41) is 13.3. The Labute approximate surface area is 129 Å². The van der Waals surface area contributed by atoms with Gasteiger partial charge in [0.1, 0.15) is 16.0 Å². The molecular formula is C15H24N2O3S. The molecule has 1 aliphatic heterocycles. The molecule has 1 aromatic heterocycles. The van der Waals surface area contributed by atoms with E-state index in [9.17, 15) is 9.90 Å². The monoisotopic (exact) mass is 312 g/mol. The van der Waals surface area contributed by atoms with Crippen molar-refractivity contribution in [1.29, 1.82) is 0 Å². The highest BCUT2D eigenvalue weighted by Crippen LogP contribution is 2.31. The normalized spacial score (nSPS) is 20.5. The van der Waals surface area contributed by atoms with E-state index in [4.69, 9.17) is 4.74 Å². The van der Waals surface area contributed by atoms with E-state index in [2.05, 4.69) is 10.3 Å². The Kier molecular flexibility index (Phi) is 5.35. The Balaban J connectivity index is 1.88. The van der Waals surface area contributed by atoms with Crippen molar-refractivity contribution in [2.24, 2.45) is 5.41 Å². The molecule has 0 aromatic carbocycles. The Morgan fingerprint density at radius 3 is 3.05 bits per heavy atom. The fraction of sp³-hybridized carbons (Fsp3) is 0.733. The number of nitrogens with zero attached hydrogens (tertiary/aromatic N) is 1. The van der Waals surface area contributed by atoms with Crippen LogP contribution in [-0.2, 0) is 4.74 Å². The van der Waals surface area contributed by atoms with Crippen LogP contribution in [0, 0.1) is 5.41 Å². The summed E-state index contributed by atoms with van der Waals surface area (Å²) >= 11 is 1.41. The zero-order valence-electron chi connectivity index (χ0n) is 12.9. The molecule has 2 rings (SSSR count). The van der Waals surface area contributed by atoms with Gasteiger partial charge < -0.3 is 15.2 Å². The predicted molar refractivity (Wildman–Crippen MR) is 82.5 cm³/mol. The van der Waals surface area contributed by atoms with Crippen LogP contribution in [0.4, 0.5) is 0 Å². The highest BCUT2D eigenvalue weighted by Gasteiger charge is 2.24. The lowest BCUT2D eigenvalue weighted by molar-refractivity contribution is 0.0905. The molecule has 2 unspecified atom stereocenters. The number of nitrogens with one attached hydrogen (secondary N) is 1. The summed E-state index contributed by atoms with van der Waals surface area (Å²) < 4.78 is 5.58. The molecule has 1 aliphatic rings. The molecule has 2 heterocycles. The summed E-state index contributed by atoms with van der Waals surface area (Å²) in [4.78, 5) is 17.1. The lowest BCUT2D eigenvalue weighted by Crippen LogP contribution is -2.35. The van der Waals surface area contributed by atoms with Gasteiger partial charge in [0.05, 0.1) is 12.3 Å². The zero-order valence-corrected chi connectivity index (χ0v) is 13.7. The summed E-state index contributed by atoms with van der Waals surface area (Å²) in [6.07, 6.45) is 4.00. The molecule has 2 N–H and O–H groups in total.